The van der Waals surface area contributed by atoms with E-state index in [1.807, 2.05) is 0 Å². The van der Waals surface area contributed by atoms with Crippen LogP contribution in [0.5, 0.6) is 0 Å². The Hall–Kier alpha value is -0.180. The Bertz CT molecular complexity index is 146. The third-order valence-corrected chi connectivity index (χ3v) is 2.50. The zero-order valence-electron chi connectivity index (χ0n) is 8.45. The fourth-order valence-electron chi connectivity index (χ4n) is 1.18. The maximum atomic E-state index is 10.3. The minimum absolute atomic E-state index is 0.584. The maximum Gasteiger partial charge on any atom is 0.0541 e. The van der Waals surface area contributed by atoms with Crippen LogP contribution in [0, 0.1) is 5.92 Å². The van der Waals surface area contributed by atoms with Crippen LogP contribution in [-0.4, -0.2) is 11.2 Å². The predicted octanol–water partition coefficient (Wildman–Crippen LogP) is 1.64. The van der Waals surface area contributed by atoms with E-state index in [9.17, 15) is 9.90 Å². The highest BCUT2D eigenvalue weighted by Gasteiger charge is 2.02. The van der Waals surface area contributed by atoms with Crippen molar-refractivity contribution < 1.29 is 9.90 Å². The molecule has 0 spiro atoms. The van der Waals surface area contributed by atoms with E-state index in [1.165, 1.54) is 12.8 Å². The smallest absolute Gasteiger partial charge is 0.0541 e. The lowest BCUT2D eigenvalue weighted by Gasteiger charge is -2.11. The number of hydrogen-bond donors (Lipinski definition) is 1. The number of thiol groups is 1. The van der Waals surface area contributed by atoms with Gasteiger partial charge in [0.25, 0.3) is 0 Å². The summed E-state index contributed by atoms with van der Waals surface area (Å²) in [6, 6.07) is 0. The fraction of sp³-hybridized carbons (Fsp3) is 0.900. The average molecular weight is 203 g/mol. The second-order valence-electron chi connectivity index (χ2n) is 3.87. The Balaban J connectivity index is 3.21. The van der Waals surface area contributed by atoms with Crippen LogP contribution in [0.15, 0.2) is 0 Å². The summed E-state index contributed by atoms with van der Waals surface area (Å²) in [5.74, 6) is -0.305. The van der Waals surface area contributed by atoms with Gasteiger partial charge in [-0.3, -0.25) is 0 Å². The molecule has 78 valence electrons. The lowest BCUT2D eigenvalue weighted by Crippen LogP contribution is -2.31. The SMILES string of the molecule is CC(C)CCCCCC(S)C(=O)[O-]. The van der Waals surface area contributed by atoms with E-state index in [0.717, 1.165) is 18.8 Å². The molecule has 0 rings (SSSR count). The third kappa shape index (κ3) is 8.16. The van der Waals surface area contributed by atoms with Crippen molar-refractivity contribution in [2.45, 2.75) is 51.2 Å². The molecular weight excluding hydrogens is 184 g/mol. The molecule has 0 saturated carbocycles. The molecule has 0 aromatic rings. The summed E-state index contributed by atoms with van der Waals surface area (Å²) in [6.07, 6.45) is 5.08. The number of carbonyl (C=O) groups is 1. The van der Waals surface area contributed by atoms with Gasteiger partial charge in [-0.05, 0) is 12.3 Å². The fourth-order valence-corrected chi connectivity index (χ4v) is 1.37. The molecule has 0 N–H and O–H groups in total. The van der Waals surface area contributed by atoms with Gasteiger partial charge in [-0.15, -0.1) is 0 Å². The molecule has 0 radical (unpaired) electrons. The lowest BCUT2D eigenvalue weighted by molar-refractivity contribution is -0.304. The summed E-state index contributed by atoms with van der Waals surface area (Å²) in [5, 5.41) is 9.70. The summed E-state index contributed by atoms with van der Waals surface area (Å²) in [4.78, 5) is 10.3. The first kappa shape index (κ1) is 12.8. The molecule has 2 nitrogen and oxygen atoms in total. The molecule has 0 amide bonds. The second-order valence-corrected chi connectivity index (χ2v) is 4.49. The standard InChI is InChI=1S/C10H20O2S/c1-8(2)6-4-3-5-7-9(13)10(11)12/h8-9,13H,3-7H2,1-2H3,(H,11,12)/p-1. The first-order valence-electron chi connectivity index (χ1n) is 4.93. The molecule has 1 atom stereocenters. The van der Waals surface area contributed by atoms with E-state index in [4.69, 9.17) is 0 Å². The highest BCUT2D eigenvalue weighted by molar-refractivity contribution is 7.81. The summed E-state index contributed by atoms with van der Waals surface area (Å²) in [5.41, 5.74) is 0. The monoisotopic (exact) mass is 203 g/mol. The summed E-state index contributed by atoms with van der Waals surface area (Å²) < 4.78 is 0. The topological polar surface area (TPSA) is 40.1 Å². The van der Waals surface area contributed by atoms with Crippen molar-refractivity contribution >= 4 is 18.6 Å². The molecule has 0 aliphatic carbocycles. The number of aliphatic carboxylic acids is 1. The van der Waals surface area contributed by atoms with Crippen LogP contribution < -0.4 is 5.11 Å². The highest BCUT2D eigenvalue weighted by Crippen LogP contribution is 2.12. The van der Waals surface area contributed by atoms with Crippen LogP contribution in [-0.2, 0) is 4.79 Å². The largest absolute Gasteiger partial charge is 0.549 e. The van der Waals surface area contributed by atoms with Crippen LogP contribution in [0.1, 0.15) is 46.0 Å². The van der Waals surface area contributed by atoms with E-state index in [0.29, 0.717) is 6.42 Å². The van der Waals surface area contributed by atoms with Crippen molar-refractivity contribution in [1.29, 1.82) is 0 Å². The van der Waals surface area contributed by atoms with Crippen molar-refractivity contribution in [3.05, 3.63) is 0 Å². The first-order valence-corrected chi connectivity index (χ1v) is 5.44. The molecule has 1 unspecified atom stereocenters. The second kappa shape index (κ2) is 7.25. The van der Waals surface area contributed by atoms with Gasteiger partial charge in [-0.25, -0.2) is 0 Å². The van der Waals surface area contributed by atoms with Crippen molar-refractivity contribution in [2.24, 2.45) is 5.92 Å². The Morgan fingerprint density at radius 1 is 1.23 bits per heavy atom. The molecule has 0 aromatic heterocycles. The number of carbonyl (C=O) groups excluding carboxylic acids is 1. The Labute approximate surface area is 86.1 Å². The molecule has 0 bridgehead atoms. The van der Waals surface area contributed by atoms with Gasteiger partial charge in [-0.1, -0.05) is 39.5 Å². The van der Waals surface area contributed by atoms with E-state index < -0.39 is 11.2 Å². The van der Waals surface area contributed by atoms with Gasteiger partial charge in [0.1, 0.15) is 0 Å². The quantitative estimate of drug-likeness (QED) is 0.505. The average Bonchev–Trinajstić information content (AvgIpc) is 2.02. The van der Waals surface area contributed by atoms with Gasteiger partial charge in [0, 0.05) is 5.25 Å². The van der Waals surface area contributed by atoms with E-state index in [2.05, 4.69) is 26.5 Å². The van der Waals surface area contributed by atoms with E-state index in [-0.39, 0.29) is 0 Å². The van der Waals surface area contributed by atoms with Crippen molar-refractivity contribution in [3.8, 4) is 0 Å². The van der Waals surface area contributed by atoms with Gasteiger partial charge < -0.3 is 9.90 Å². The minimum Gasteiger partial charge on any atom is -0.549 e. The zero-order valence-corrected chi connectivity index (χ0v) is 9.35. The number of carboxylic acids is 1. The summed E-state index contributed by atoms with van der Waals surface area (Å²) >= 11 is 3.91. The molecule has 0 aliphatic rings. The molecular formula is C10H19O2S-. The van der Waals surface area contributed by atoms with Crippen LogP contribution in [0.3, 0.4) is 0 Å². The normalized spacial score (nSPS) is 13.2. The Morgan fingerprint density at radius 3 is 2.23 bits per heavy atom. The molecule has 13 heavy (non-hydrogen) atoms. The first-order chi connectivity index (χ1) is 6.04. The molecule has 0 saturated heterocycles. The van der Waals surface area contributed by atoms with E-state index >= 15 is 0 Å². The maximum absolute atomic E-state index is 10.3. The van der Waals surface area contributed by atoms with Gasteiger partial charge in [0.15, 0.2) is 0 Å². The summed E-state index contributed by atoms with van der Waals surface area (Å²) in [7, 11) is 0. The van der Waals surface area contributed by atoms with Gasteiger partial charge in [-0.2, -0.15) is 12.6 Å². The highest BCUT2D eigenvalue weighted by atomic mass is 32.1. The van der Waals surface area contributed by atoms with Gasteiger partial charge >= 0.3 is 0 Å². The van der Waals surface area contributed by atoms with Crippen molar-refractivity contribution in [1.82, 2.24) is 0 Å². The Kier molecular flexibility index (Phi) is 7.14. The van der Waals surface area contributed by atoms with Crippen LogP contribution in [0.4, 0.5) is 0 Å². The third-order valence-electron chi connectivity index (χ3n) is 2.03. The van der Waals surface area contributed by atoms with Gasteiger partial charge in [0.2, 0.25) is 0 Å². The van der Waals surface area contributed by atoms with Crippen molar-refractivity contribution in [3.63, 3.8) is 0 Å². The van der Waals surface area contributed by atoms with Crippen molar-refractivity contribution in [2.75, 3.05) is 0 Å². The minimum atomic E-state index is -1.05. The zero-order chi connectivity index (χ0) is 10.3. The van der Waals surface area contributed by atoms with Crippen LogP contribution in [0.25, 0.3) is 0 Å². The molecule has 3 heteroatoms. The van der Waals surface area contributed by atoms with Crippen LogP contribution in [0.2, 0.25) is 0 Å². The predicted molar refractivity (Wildman–Crippen MR) is 55.7 cm³/mol. The van der Waals surface area contributed by atoms with Gasteiger partial charge in [0.05, 0.1) is 5.97 Å². The molecule has 0 heterocycles. The number of rotatable bonds is 7. The molecule has 0 aliphatic heterocycles. The summed E-state index contributed by atoms with van der Waals surface area (Å²) in [6.45, 7) is 4.39. The number of unbranched alkanes of at least 4 members (excludes halogenated alkanes) is 2. The number of hydrogen-bond acceptors (Lipinski definition) is 3. The molecule has 0 aromatic carbocycles. The van der Waals surface area contributed by atoms with E-state index in [1.54, 1.807) is 0 Å². The number of carboxylic acid groups (broad SMARTS) is 1. The van der Waals surface area contributed by atoms with Crippen LogP contribution >= 0.6 is 12.6 Å². The lowest BCUT2D eigenvalue weighted by atomic mass is 10.0. The Morgan fingerprint density at radius 2 is 1.77 bits per heavy atom. The molecule has 0 fully saturated rings.